The molecular weight excluding hydrogens is 282 g/mol. The number of nitroso groups, excluding NO2 is 1. The Bertz CT molecular complexity index is 661. The van der Waals surface area contributed by atoms with Crippen LogP contribution in [0.2, 0.25) is 0 Å². The molecule has 3 rings (SSSR count). The van der Waals surface area contributed by atoms with E-state index in [9.17, 15) is 10.0 Å². The van der Waals surface area contributed by atoms with Crippen molar-refractivity contribution in [3.8, 4) is 0 Å². The zero-order valence-electron chi connectivity index (χ0n) is 12.7. The largest absolute Gasteiger partial charge is 0.393 e. The fourth-order valence-electron chi connectivity index (χ4n) is 3.08. The number of pyridine rings is 1. The number of hydrogen-bond acceptors (Lipinski definition) is 6. The van der Waals surface area contributed by atoms with Crippen molar-refractivity contribution in [1.29, 1.82) is 0 Å². The molecule has 0 spiro atoms. The maximum Gasteiger partial charge on any atom is 0.159 e. The van der Waals surface area contributed by atoms with E-state index in [4.69, 9.17) is 0 Å². The average molecular weight is 303 g/mol. The van der Waals surface area contributed by atoms with Crippen LogP contribution in [0.15, 0.2) is 17.6 Å². The molecule has 2 aromatic heterocycles. The van der Waals surface area contributed by atoms with E-state index >= 15 is 0 Å². The van der Waals surface area contributed by atoms with Gasteiger partial charge < -0.3 is 10.4 Å². The number of aliphatic hydroxyl groups excluding tert-OH is 1. The first-order chi connectivity index (χ1) is 10.7. The third-order valence-corrected chi connectivity index (χ3v) is 4.32. The highest BCUT2D eigenvalue weighted by Crippen LogP contribution is 2.30. The van der Waals surface area contributed by atoms with E-state index in [0.717, 1.165) is 54.5 Å². The van der Waals surface area contributed by atoms with Gasteiger partial charge in [0.2, 0.25) is 0 Å². The molecule has 0 amide bonds. The number of rotatable bonds is 5. The van der Waals surface area contributed by atoms with E-state index in [-0.39, 0.29) is 12.6 Å². The second-order valence-corrected chi connectivity index (χ2v) is 5.79. The standard InChI is InChI=1S/C15H21N5O2/c1-2-20-15-13(9-17-20)14(10(7-16-15)8-18-22)19-11-3-5-12(21)6-4-11/h7,9,11-12,21H,2-6,8H2,1H3,(H,16,19). The van der Waals surface area contributed by atoms with Crippen LogP contribution in [0.5, 0.6) is 0 Å². The van der Waals surface area contributed by atoms with Crippen LogP contribution in [0.4, 0.5) is 5.69 Å². The first-order valence-electron chi connectivity index (χ1n) is 7.80. The van der Waals surface area contributed by atoms with Crippen molar-refractivity contribution in [2.75, 3.05) is 5.32 Å². The summed E-state index contributed by atoms with van der Waals surface area (Å²) in [5.41, 5.74) is 2.52. The summed E-state index contributed by atoms with van der Waals surface area (Å²) in [4.78, 5) is 15.1. The molecule has 1 aliphatic rings. The van der Waals surface area contributed by atoms with Gasteiger partial charge in [0.15, 0.2) is 5.65 Å². The Balaban J connectivity index is 1.95. The van der Waals surface area contributed by atoms with Crippen LogP contribution in [0.1, 0.15) is 38.2 Å². The summed E-state index contributed by atoms with van der Waals surface area (Å²) in [7, 11) is 0. The van der Waals surface area contributed by atoms with E-state index in [0.29, 0.717) is 6.04 Å². The van der Waals surface area contributed by atoms with Crippen molar-refractivity contribution in [2.45, 2.75) is 57.8 Å². The van der Waals surface area contributed by atoms with Gasteiger partial charge in [0.1, 0.15) is 6.54 Å². The Hall–Kier alpha value is -2.02. The summed E-state index contributed by atoms with van der Waals surface area (Å²) in [5.74, 6) is 0. The first-order valence-corrected chi connectivity index (χ1v) is 7.80. The summed E-state index contributed by atoms with van der Waals surface area (Å²) in [5, 5.41) is 21.4. The lowest BCUT2D eigenvalue weighted by molar-refractivity contribution is 0.126. The van der Waals surface area contributed by atoms with Crippen molar-refractivity contribution < 1.29 is 5.11 Å². The van der Waals surface area contributed by atoms with E-state index in [1.807, 2.05) is 11.6 Å². The van der Waals surface area contributed by atoms with Gasteiger partial charge in [-0.2, -0.15) is 10.0 Å². The lowest BCUT2D eigenvalue weighted by Crippen LogP contribution is -2.28. The Morgan fingerprint density at radius 3 is 2.82 bits per heavy atom. The fraction of sp³-hybridized carbons (Fsp3) is 0.600. The number of aliphatic hydroxyl groups is 1. The molecule has 22 heavy (non-hydrogen) atoms. The molecule has 1 aliphatic carbocycles. The van der Waals surface area contributed by atoms with Crippen molar-refractivity contribution >= 4 is 16.7 Å². The lowest BCUT2D eigenvalue weighted by Gasteiger charge is -2.28. The first kappa shape index (κ1) is 14.9. The Labute approximate surface area is 128 Å². The molecule has 2 heterocycles. The molecule has 1 saturated carbocycles. The van der Waals surface area contributed by atoms with Crippen molar-refractivity contribution in [2.24, 2.45) is 5.18 Å². The van der Waals surface area contributed by atoms with Crippen LogP contribution >= 0.6 is 0 Å². The van der Waals surface area contributed by atoms with Crippen LogP contribution in [0.3, 0.4) is 0 Å². The van der Waals surface area contributed by atoms with Gasteiger partial charge in [-0.1, -0.05) is 5.18 Å². The number of aryl methyl sites for hydroxylation is 1. The summed E-state index contributed by atoms with van der Waals surface area (Å²) in [6, 6.07) is 0.296. The van der Waals surface area contributed by atoms with E-state index in [2.05, 4.69) is 20.6 Å². The van der Waals surface area contributed by atoms with E-state index in [1.54, 1.807) is 12.4 Å². The van der Waals surface area contributed by atoms with Crippen LogP contribution in [-0.2, 0) is 13.1 Å². The van der Waals surface area contributed by atoms with Gasteiger partial charge in [-0.3, -0.25) is 0 Å². The number of hydrogen-bond donors (Lipinski definition) is 2. The van der Waals surface area contributed by atoms with Crippen LogP contribution in [-0.4, -0.2) is 32.0 Å². The number of nitrogens with zero attached hydrogens (tertiary/aromatic N) is 4. The van der Waals surface area contributed by atoms with Gasteiger partial charge in [0.05, 0.1) is 23.4 Å². The molecule has 0 atom stereocenters. The molecule has 0 aliphatic heterocycles. The number of aromatic nitrogens is 3. The summed E-state index contributed by atoms with van der Waals surface area (Å²) in [6.07, 6.45) is 6.76. The fourth-order valence-corrected chi connectivity index (χ4v) is 3.08. The molecule has 2 N–H and O–H groups in total. The molecule has 0 unspecified atom stereocenters. The zero-order valence-corrected chi connectivity index (χ0v) is 12.7. The minimum Gasteiger partial charge on any atom is -0.393 e. The SMILES string of the molecule is CCn1ncc2c(NC3CCC(O)CC3)c(CN=O)cnc21. The Morgan fingerprint density at radius 2 is 2.14 bits per heavy atom. The predicted octanol–water partition coefficient (Wildman–Crippen LogP) is 2.43. The van der Waals surface area contributed by atoms with Gasteiger partial charge in [0, 0.05) is 24.3 Å². The molecule has 0 radical (unpaired) electrons. The maximum absolute atomic E-state index is 10.7. The minimum atomic E-state index is -0.186. The Kier molecular flexibility index (Phi) is 4.33. The third kappa shape index (κ3) is 2.81. The van der Waals surface area contributed by atoms with E-state index < -0.39 is 0 Å². The molecule has 7 nitrogen and oxygen atoms in total. The molecular formula is C15H21N5O2. The summed E-state index contributed by atoms with van der Waals surface area (Å²) in [6.45, 7) is 2.86. The van der Waals surface area contributed by atoms with Gasteiger partial charge in [0.25, 0.3) is 0 Å². The second kappa shape index (κ2) is 6.39. The monoisotopic (exact) mass is 303 g/mol. The summed E-state index contributed by atoms with van der Waals surface area (Å²) >= 11 is 0. The van der Waals surface area contributed by atoms with Crippen molar-refractivity contribution in [3.05, 3.63) is 22.9 Å². The topological polar surface area (TPSA) is 92.4 Å². The smallest absolute Gasteiger partial charge is 0.159 e. The second-order valence-electron chi connectivity index (χ2n) is 5.79. The molecule has 0 saturated heterocycles. The van der Waals surface area contributed by atoms with Gasteiger partial charge in [-0.15, -0.1) is 0 Å². The predicted molar refractivity (Wildman–Crippen MR) is 84.6 cm³/mol. The quantitative estimate of drug-likeness (QED) is 0.828. The highest BCUT2D eigenvalue weighted by atomic mass is 16.3. The van der Waals surface area contributed by atoms with Crippen LogP contribution < -0.4 is 5.32 Å². The molecule has 0 aromatic carbocycles. The number of fused-ring (bicyclic) bond motifs is 1. The normalized spacial score (nSPS) is 21.9. The Morgan fingerprint density at radius 1 is 1.36 bits per heavy atom. The van der Waals surface area contributed by atoms with Crippen molar-refractivity contribution in [1.82, 2.24) is 14.8 Å². The van der Waals surface area contributed by atoms with Gasteiger partial charge in [-0.05, 0) is 32.6 Å². The van der Waals surface area contributed by atoms with Gasteiger partial charge >= 0.3 is 0 Å². The van der Waals surface area contributed by atoms with E-state index in [1.165, 1.54) is 0 Å². The van der Waals surface area contributed by atoms with Gasteiger partial charge in [-0.25, -0.2) is 9.67 Å². The number of anilines is 1. The van der Waals surface area contributed by atoms with Crippen LogP contribution in [0.25, 0.3) is 11.0 Å². The maximum atomic E-state index is 10.7. The zero-order chi connectivity index (χ0) is 15.5. The molecule has 118 valence electrons. The summed E-state index contributed by atoms with van der Waals surface area (Å²) < 4.78 is 1.84. The number of nitrogens with one attached hydrogen (secondary N) is 1. The average Bonchev–Trinajstić information content (AvgIpc) is 2.95. The third-order valence-electron chi connectivity index (χ3n) is 4.32. The van der Waals surface area contributed by atoms with Crippen LogP contribution in [0, 0.1) is 4.91 Å². The highest BCUT2D eigenvalue weighted by molar-refractivity contribution is 5.90. The molecule has 0 bridgehead atoms. The molecule has 7 heteroatoms. The molecule has 2 aromatic rings. The highest BCUT2D eigenvalue weighted by Gasteiger charge is 2.22. The van der Waals surface area contributed by atoms with Crippen molar-refractivity contribution in [3.63, 3.8) is 0 Å². The lowest BCUT2D eigenvalue weighted by atomic mass is 9.92. The minimum absolute atomic E-state index is 0.0952. The molecule has 1 fully saturated rings.